The third-order valence-electron chi connectivity index (χ3n) is 6.70. The molecule has 6 nitrogen and oxygen atoms in total. The van der Waals surface area contributed by atoms with Gasteiger partial charge in [0.05, 0.1) is 29.7 Å². The zero-order chi connectivity index (χ0) is 24.9. The average Bonchev–Trinajstić information content (AvgIpc) is 3.58. The molecule has 0 unspecified atom stereocenters. The molecule has 0 saturated carbocycles. The number of carbonyl (C=O) groups excluding carboxylic acids is 1. The highest BCUT2D eigenvalue weighted by atomic mass is 16.2. The minimum Gasteiger partial charge on any atom is -0.295 e. The molecule has 6 heteroatoms. The lowest BCUT2D eigenvalue weighted by atomic mass is 9.96. The Morgan fingerprint density at radius 2 is 1.44 bits per heavy atom. The van der Waals surface area contributed by atoms with Gasteiger partial charge in [-0.2, -0.15) is 10.2 Å². The molecule has 1 aliphatic rings. The first kappa shape index (κ1) is 23.7. The molecule has 5 rings (SSSR count). The summed E-state index contributed by atoms with van der Waals surface area (Å²) in [4.78, 5) is 15.7. The van der Waals surface area contributed by atoms with Crippen molar-refractivity contribution in [3.63, 3.8) is 0 Å². The summed E-state index contributed by atoms with van der Waals surface area (Å²) in [5.74, 6) is 0.00102. The van der Waals surface area contributed by atoms with E-state index in [-0.39, 0.29) is 11.9 Å². The molecule has 0 N–H and O–H groups in total. The summed E-state index contributed by atoms with van der Waals surface area (Å²) >= 11 is 0. The van der Waals surface area contributed by atoms with Crippen LogP contribution in [0, 0.1) is 0 Å². The highest BCUT2D eigenvalue weighted by molar-refractivity contribution is 6.03. The molecular formula is C30H31N5O. The van der Waals surface area contributed by atoms with E-state index in [1.807, 2.05) is 71.4 Å². The second-order valence-electron chi connectivity index (χ2n) is 8.91. The van der Waals surface area contributed by atoms with Gasteiger partial charge in [0, 0.05) is 23.7 Å². The molecule has 36 heavy (non-hydrogen) atoms. The van der Waals surface area contributed by atoms with Gasteiger partial charge in [-0.15, -0.1) is 0 Å². The number of amides is 1. The van der Waals surface area contributed by atoms with Crippen LogP contribution in [0.2, 0.25) is 0 Å². The lowest BCUT2D eigenvalue weighted by Crippen LogP contribution is -2.38. The zero-order valence-electron chi connectivity index (χ0n) is 20.8. The van der Waals surface area contributed by atoms with Crippen LogP contribution in [0.15, 0.2) is 102 Å². The Balaban J connectivity index is 1.59. The Hall–Kier alpha value is -4.03. The van der Waals surface area contributed by atoms with Crippen molar-refractivity contribution in [3.8, 4) is 16.9 Å². The normalized spacial score (nSPS) is 15.4. The summed E-state index contributed by atoms with van der Waals surface area (Å²) < 4.78 is 1.91. The summed E-state index contributed by atoms with van der Waals surface area (Å²) in [5.41, 5.74) is 5.81. The maximum atomic E-state index is 13.6. The van der Waals surface area contributed by atoms with Crippen molar-refractivity contribution < 1.29 is 4.79 Å². The Morgan fingerprint density at radius 1 is 0.861 bits per heavy atom. The molecule has 3 aromatic carbocycles. The second-order valence-corrected chi connectivity index (χ2v) is 8.91. The molecule has 182 valence electrons. The van der Waals surface area contributed by atoms with E-state index in [1.54, 1.807) is 5.01 Å². The third-order valence-corrected chi connectivity index (χ3v) is 6.70. The number of hydrogen-bond acceptors (Lipinski definition) is 4. The predicted molar refractivity (Wildman–Crippen MR) is 144 cm³/mol. The molecule has 0 fully saturated rings. The molecule has 2 heterocycles. The van der Waals surface area contributed by atoms with Gasteiger partial charge in [-0.05, 0) is 30.8 Å². The molecule has 0 bridgehead atoms. The minimum absolute atomic E-state index is 0.00102. The molecule has 1 aromatic heterocycles. The quantitative estimate of drug-likeness (QED) is 0.334. The van der Waals surface area contributed by atoms with E-state index < -0.39 is 0 Å². The number of benzene rings is 3. The van der Waals surface area contributed by atoms with E-state index in [0.29, 0.717) is 13.0 Å². The van der Waals surface area contributed by atoms with Crippen LogP contribution in [0.1, 0.15) is 37.4 Å². The van der Waals surface area contributed by atoms with Crippen LogP contribution in [0.3, 0.4) is 0 Å². The molecule has 0 saturated heterocycles. The molecule has 1 aliphatic heterocycles. The molecule has 0 spiro atoms. The highest BCUT2D eigenvalue weighted by Crippen LogP contribution is 2.38. The smallest absolute Gasteiger partial charge is 0.257 e. The predicted octanol–water partition coefficient (Wildman–Crippen LogP) is 5.56. The number of hydrogen-bond donors (Lipinski definition) is 0. The molecule has 0 radical (unpaired) electrons. The summed E-state index contributed by atoms with van der Waals surface area (Å²) in [6.45, 7) is 6.12. The van der Waals surface area contributed by atoms with E-state index in [4.69, 9.17) is 10.2 Å². The Bertz CT molecular complexity index is 1330. The van der Waals surface area contributed by atoms with Gasteiger partial charge in [0.25, 0.3) is 5.91 Å². The first-order valence-corrected chi connectivity index (χ1v) is 12.6. The van der Waals surface area contributed by atoms with Crippen molar-refractivity contribution in [1.29, 1.82) is 0 Å². The van der Waals surface area contributed by atoms with E-state index >= 15 is 0 Å². The highest BCUT2D eigenvalue weighted by Gasteiger charge is 2.36. The van der Waals surface area contributed by atoms with Crippen molar-refractivity contribution in [2.75, 3.05) is 19.6 Å². The molecule has 4 aromatic rings. The fraction of sp³-hybridized carbons (Fsp3) is 0.233. The Labute approximate surface area is 212 Å². The maximum absolute atomic E-state index is 13.6. The van der Waals surface area contributed by atoms with Crippen LogP contribution in [0.4, 0.5) is 0 Å². The lowest BCUT2D eigenvalue weighted by Gasteiger charge is -2.25. The van der Waals surface area contributed by atoms with Crippen LogP contribution < -0.4 is 0 Å². The van der Waals surface area contributed by atoms with Crippen molar-refractivity contribution in [1.82, 2.24) is 19.7 Å². The summed E-state index contributed by atoms with van der Waals surface area (Å²) in [7, 11) is 0. The van der Waals surface area contributed by atoms with Gasteiger partial charge in [0.2, 0.25) is 0 Å². The van der Waals surface area contributed by atoms with E-state index in [9.17, 15) is 4.79 Å². The first-order chi connectivity index (χ1) is 17.7. The summed E-state index contributed by atoms with van der Waals surface area (Å²) in [6.07, 6.45) is 2.69. The lowest BCUT2D eigenvalue weighted by molar-refractivity contribution is -0.134. The fourth-order valence-electron chi connectivity index (χ4n) is 4.66. The zero-order valence-corrected chi connectivity index (χ0v) is 20.8. The minimum atomic E-state index is -0.240. The van der Waals surface area contributed by atoms with Crippen molar-refractivity contribution in [2.45, 2.75) is 26.3 Å². The monoisotopic (exact) mass is 477 g/mol. The second kappa shape index (κ2) is 10.7. The molecule has 1 atom stereocenters. The SMILES string of the molecule is CCN(CC)CC(=O)N1N=C(c2ccccc2)C[C@H]1c1cn(-c2ccccc2)nc1-c1ccccc1. The van der Waals surface area contributed by atoms with Gasteiger partial charge in [-0.1, -0.05) is 92.7 Å². The number of para-hydroxylation sites is 1. The first-order valence-electron chi connectivity index (χ1n) is 12.6. The maximum Gasteiger partial charge on any atom is 0.257 e. The molecular weight excluding hydrogens is 446 g/mol. The van der Waals surface area contributed by atoms with E-state index in [1.165, 1.54) is 0 Å². The standard InChI is InChI=1S/C30H31N5O/c1-3-33(4-2)22-29(36)35-28(20-27(31-35)23-14-8-5-9-15-23)26-21-34(25-18-12-7-13-19-25)32-30(26)24-16-10-6-11-17-24/h5-19,21,28H,3-4,20,22H2,1-2H3/t28-/m0/s1. The summed E-state index contributed by atoms with van der Waals surface area (Å²) in [5, 5.41) is 11.6. The number of likely N-dealkylation sites (N-methyl/N-ethyl adjacent to an activating group) is 1. The van der Waals surface area contributed by atoms with Gasteiger partial charge in [0.15, 0.2) is 0 Å². The Morgan fingerprint density at radius 3 is 2.06 bits per heavy atom. The van der Waals surface area contributed by atoms with Gasteiger partial charge >= 0.3 is 0 Å². The molecule has 0 aliphatic carbocycles. The van der Waals surface area contributed by atoms with Crippen LogP contribution in [0.25, 0.3) is 16.9 Å². The largest absolute Gasteiger partial charge is 0.295 e. The number of hydrazone groups is 1. The topological polar surface area (TPSA) is 53.7 Å². The van der Waals surface area contributed by atoms with Crippen LogP contribution in [0.5, 0.6) is 0 Å². The number of carbonyl (C=O) groups is 1. The fourth-order valence-corrected chi connectivity index (χ4v) is 4.66. The van der Waals surface area contributed by atoms with E-state index in [2.05, 4.69) is 49.2 Å². The Kier molecular flexibility index (Phi) is 7.05. The number of rotatable bonds is 8. The average molecular weight is 478 g/mol. The van der Waals surface area contributed by atoms with Crippen molar-refractivity contribution >= 4 is 11.6 Å². The van der Waals surface area contributed by atoms with Crippen LogP contribution >= 0.6 is 0 Å². The van der Waals surface area contributed by atoms with Crippen LogP contribution in [-0.4, -0.2) is 50.9 Å². The van der Waals surface area contributed by atoms with Gasteiger partial charge in [-0.3, -0.25) is 9.69 Å². The van der Waals surface area contributed by atoms with Crippen molar-refractivity contribution in [3.05, 3.63) is 108 Å². The van der Waals surface area contributed by atoms with Gasteiger partial charge < -0.3 is 0 Å². The van der Waals surface area contributed by atoms with Crippen molar-refractivity contribution in [2.24, 2.45) is 5.10 Å². The van der Waals surface area contributed by atoms with E-state index in [0.717, 1.165) is 46.9 Å². The molecule has 1 amide bonds. The number of aromatic nitrogens is 2. The number of nitrogens with zero attached hydrogens (tertiary/aromatic N) is 5. The summed E-state index contributed by atoms with van der Waals surface area (Å²) in [6, 6.07) is 30.1. The van der Waals surface area contributed by atoms with Crippen LogP contribution in [-0.2, 0) is 4.79 Å². The third kappa shape index (κ3) is 4.86. The van der Waals surface area contributed by atoms with Gasteiger partial charge in [0.1, 0.15) is 0 Å². The van der Waals surface area contributed by atoms with Gasteiger partial charge in [-0.25, -0.2) is 9.69 Å².